The molecule has 0 aliphatic carbocycles. The van der Waals surface area contributed by atoms with Crippen molar-refractivity contribution in [3.63, 3.8) is 0 Å². The molecule has 126 valence electrons. The number of nitrogens with one attached hydrogen (secondary N) is 1. The molecule has 3 rings (SSSR count). The number of carbonyl (C=O) groups excluding carboxylic acids is 2. The summed E-state index contributed by atoms with van der Waals surface area (Å²) in [7, 11) is 0. The Morgan fingerprint density at radius 3 is 2.44 bits per heavy atom. The minimum Gasteiger partial charge on any atom is -0.451 e. The van der Waals surface area contributed by atoms with Gasteiger partial charge in [0.2, 0.25) is 0 Å². The summed E-state index contributed by atoms with van der Waals surface area (Å²) in [6.45, 7) is 1.69. The number of hydrogen-bond donors (Lipinski definition) is 1. The first-order chi connectivity index (χ1) is 12.1. The first-order valence-corrected chi connectivity index (χ1v) is 8.68. The summed E-state index contributed by atoms with van der Waals surface area (Å²) >= 11 is 1.31. The summed E-state index contributed by atoms with van der Waals surface area (Å²) in [5.74, 6) is -0.859. The van der Waals surface area contributed by atoms with Crippen molar-refractivity contribution in [3.05, 3.63) is 76.5 Å². The zero-order chi connectivity index (χ0) is 17.6. The number of amides is 1. The topological polar surface area (TPSA) is 55.4 Å². The van der Waals surface area contributed by atoms with Gasteiger partial charge >= 0.3 is 5.97 Å². The van der Waals surface area contributed by atoms with Gasteiger partial charge in [-0.05, 0) is 36.1 Å². The molecule has 2 aromatic carbocycles. The molecule has 1 amide bonds. The van der Waals surface area contributed by atoms with Crippen molar-refractivity contribution >= 4 is 28.9 Å². The van der Waals surface area contributed by atoms with Crippen molar-refractivity contribution < 1.29 is 14.3 Å². The highest BCUT2D eigenvalue weighted by Crippen LogP contribution is 2.29. The van der Waals surface area contributed by atoms with E-state index in [-0.39, 0.29) is 12.5 Å². The van der Waals surface area contributed by atoms with Crippen LogP contribution in [0.1, 0.15) is 15.2 Å². The maximum absolute atomic E-state index is 12.3. The predicted octanol–water partition coefficient (Wildman–Crippen LogP) is 4.52. The summed E-state index contributed by atoms with van der Waals surface area (Å²) < 4.78 is 5.17. The lowest BCUT2D eigenvalue weighted by molar-refractivity contribution is -0.119. The second kappa shape index (κ2) is 7.77. The van der Waals surface area contributed by atoms with Gasteiger partial charge in [-0.25, -0.2) is 4.79 Å². The normalized spacial score (nSPS) is 10.3. The number of benzene rings is 2. The third kappa shape index (κ3) is 4.33. The first-order valence-electron chi connectivity index (χ1n) is 7.80. The SMILES string of the molecule is Cc1ccc(-c2ccsc2C(=O)OCC(=O)Nc2ccccc2)cc1. The first kappa shape index (κ1) is 16.9. The molecule has 0 bridgehead atoms. The number of hydrogen-bond acceptors (Lipinski definition) is 4. The second-order valence-corrected chi connectivity index (χ2v) is 6.44. The highest BCUT2D eigenvalue weighted by Gasteiger charge is 2.17. The molecular weight excluding hydrogens is 334 g/mol. The average molecular weight is 351 g/mol. The van der Waals surface area contributed by atoms with Crippen molar-refractivity contribution in [2.24, 2.45) is 0 Å². The Labute approximate surface area is 150 Å². The standard InChI is InChI=1S/C20H17NO3S/c1-14-7-9-15(10-8-14)17-11-12-25-19(17)20(23)24-13-18(22)21-16-5-3-2-4-6-16/h2-12H,13H2,1H3,(H,21,22). The highest BCUT2D eigenvalue weighted by molar-refractivity contribution is 7.12. The molecule has 5 heteroatoms. The molecule has 0 spiro atoms. The molecule has 25 heavy (non-hydrogen) atoms. The summed E-state index contributed by atoms with van der Waals surface area (Å²) in [5.41, 5.74) is 3.59. The fraction of sp³-hybridized carbons (Fsp3) is 0.100. The van der Waals surface area contributed by atoms with Crippen LogP contribution in [-0.4, -0.2) is 18.5 Å². The van der Waals surface area contributed by atoms with Gasteiger partial charge < -0.3 is 10.1 Å². The molecular formula is C20H17NO3S. The molecule has 0 aliphatic heterocycles. The van der Waals surface area contributed by atoms with Crippen LogP contribution in [-0.2, 0) is 9.53 Å². The fourth-order valence-corrected chi connectivity index (χ4v) is 3.15. The number of ether oxygens (including phenoxy) is 1. The number of rotatable bonds is 5. The van der Waals surface area contributed by atoms with Gasteiger partial charge in [-0.2, -0.15) is 0 Å². The molecule has 0 fully saturated rings. The Balaban J connectivity index is 1.63. The van der Waals surface area contributed by atoms with E-state index in [0.717, 1.165) is 16.7 Å². The van der Waals surface area contributed by atoms with Crippen LogP contribution < -0.4 is 5.32 Å². The van der Waals surface area contributed by atoms with E-state index in [1.54, 1.807) is 12.1 Å². The van der Waals surface area contributed by atoms with Gasteiger partial charge in [0.25, 0.3) is 5.91 Å². The van der Waals surface area contributed by atoms with Gasteiger partial charge in [-0.15, -0.1) is 11.3 Å². The van der Waals surface area contributed by atoms with E-state index in [1.807, 2.05) is 60.8 Å². The molecule has 0 saturated carbocycles. The summed E-state index contributed by atoms with van der Waals surface area (Å²) in [6.07, 6.45) is 0. The number of carbonyl (C=O) groups is 2. The molecule has 4 nitrogen and oxygen atoms in total. The molecule has 3 aromatic rings. The summed E-state index contributed by atoms with van der Waals surface area (Å²) in [6, 6.07) is 18.9. The van der Waals surface area contributed by atoms with Crippen LogP contribution in [0.3, 0.4) is 0 Å². The van der Waals surface area contributed by atoms with Crippen molar-refractivity contribution in [1.29, 1.82) is 0 Å². The van der Waals surface area contributed by atoms with E-state index in [1.165, 1.54) is 11.3 Å². The molecule has 0 atom stereocenters. The third-order valence-corrected chi connectivity index (χ3v) is 4.50. The van der Waals surface area contributed by atoms with Crippen LogP contribution in [0, 0.1) is 6.92 Å². The number of esters is 1. The van der Waals surface area contributed by atoms with Crippen LogP contribution in [0.15, 0.2) is 66.0 Å². The van der Waals surface area contributed by atoms with Crippen LogP contribution in [0.5, 0.6) is 0 Å². The number of aryl methyl sites for hydroxylation is 1. The minimum absolute atomic E-state index is 0.320. The van der Waals surface area contributed by atoms with Gasteiger partial charge in [0.15, 0.2) is 6.61 Å². The van der Waals surface area contributed by atoms with Crippen molar-refractivity contribution in [1.82, 2.24) is 0 Å². The van der Waals surface area contributed by atoms with E-state index in [4.69, 9.17) is 4.74 Å². The Hall–Kier alpha value is -2.92. The highest BCUT2D eigenvalue weighted by atomic mass is 32.1. The maximum Gasteiger partial charge on any atom is 0.349 e. The van der Waals surface area contributed by atoms with E-state index >= 15 is 0 Å². The Bertz CT molecular complexity index is 869. The molecule has 0 aliphatic rings. The minimum atomic E-state index is -0.492. The van der Waals surface area contributed by atoms with Crippen LogP contribution in [0.2, 0.25) is 0 Å². The molecule has 1 heterocycles. The third-order valence-electron chi connectivity index (χ3n) is 3.61. The summed E-state index contributed by atoms with van der Waals surface area (Å²) in [4.78, 5) is 24.7. The van der Waals surface area contributed by atoms with Gasteiger partial charge in [0.05, 0.1) is 0 Å². The van der Waals surface area contributed by atoms with Crippen LogP contribution in [0.25, 0.3) is 11.1 Å². The average Bonchev–Trinajstić information content (AvgIpc) is 3.11. The fourth-order valence-electron chi connectivity index (χ4n) is 2.34. The molecule has 1 N–H and O–H groups in total. The second-order valence-electron chi connectivity index (χ2n) is 5.52. The van der Waals surface area contributed by atoms with Crippen LogP contribution >= 0.6 is 11.3 Å². The number of thiophene rings is 1. The molecule has 0 saturated heterocycles. The maximum atomic E-state index is 12.3. The quantitative estimate of drug-likeness (QED) is 0.688. The van der Waals surface area contributed by atoms with E-state index in [2.05, 4.69) is 5.32 Å². The molecule has 0 radical (unpaired) electrons. The predicted molar refractivity (Wildman–Crippen MR) is 99.8 cm³/mol. The van der Waals surface area contributed by atoms with Gasteiger partial charge in [-0.3, -0.25) is 4.79 Å². The lowest BCUT2D eigenvalue weighted by atomic mass is 10.1. The van der Waals surface area contributed by atoms with Gasteiger partial charge in [-0.1, -0.05) is 48.0 Å². The Kier molecular flexibility index (Phi) is 5.26. The zero-order valence-corrected chi connectivity index (χ0v) is 14.5. The lowest BCUT2D eigenvalue weighted by Gasteiger charge is -2.07. The Morgan fingerprint density at radius 2 is 1.72 bits per heavy atom. The summed E-state index contributed by atoms with van der Waals surface area (Å²) in [5, 5.41) is 4.53. The van der Waals surface area contributed by atoms with Gasteiger partial charge in [0.1, 0.15) is 4.88 Å². The van der Waals surface area contributed by atoms with Crippen molar-refractivity contribution in [2.45, 2.75) is 6.92 Å². The van der Waals surface area contributed by atoms with Crippen molar-refractivity contribution in [2.75, 3.05) is 11.9 Å². The Morgan fingerprint density at radius 1 is 1.00 bits per heavy atom. The zero-order valence-electron chi connectivity index (χ0n) is 13.7. The van der Waals surface area contributed by atoms with Crippen LogP contribution in [0.4, 0.5) is 5.69 Å². The van der Waals surface area contributed by atoms with E-state index < -0.39 is 5.97 Å². The van der Waals surface area contributed by atoms with E-state index in [0.29, 0.717) is 10.6 Å². The van der Waals surface area contributed by atoms with Crippen molar-refractivity contribution in [3.8, 4) is 11.1 Å². The van der Waals surface area contributed by atoms with E-state index in [9.17, 15) is 9.59 Å². The molecule has 1 aromatic heterocycles. The number of para-hydroxylation sites is 1. The lowest BCUT2D eigenvalue weighted by Crippen LogP contribution is -2.20. The smallest absolute Gasteiger partial charge is 0.349 e. The van der Waals surface area contributed by atoms with Gasteiger partial charge in [0, 0.05) is 11.3 Å². The monoisotopic (exact) mass is 351 g/mol. The number of anilines is 1. The largest absolute Gasteiger partial charge is 0.451 e. The molecule has 0 unspecified atom stereocenters.